The van der Waals surface area contributed by atoms with Crippen LogP contribution in [-0.4, -0.2) is 20.4 Å². The first-order valence-electron chi connectivity index (χ1n) is 8.01. The molecule has 0 saturated heterocycles. The first-order chi connectivity index (χ1) is 12.1. The van der Waals surface area contributed by atoms with Gasteiger partial charge in [-0.3, -0.25) is 9.52 Å². The smallest absolute Gasteiger partial charge is 0.264 e. The van der Waals surface area contributed by atoms with Crippen LogP contribution in [0.25, 0.3) is 0 Å². The van der Waals surface area contributed by atoms with Gasteiger partial charge in [-0.05, 0) is 55.7 Å². The van der Waals surface area contributed by atoms with E-state index in [0.29, 0.717) is 22.1 Å². The number of nitrogens with zero attached hydrogens (tertiary/aromatic N) is 1. The minimum Gasteiger partial charge on any atom is -0.308 e. The Morgan fingerprint density at radius 2 is 2.00 bits per heavy atom. The maximum absolute atomic E-state index is 13.8. The summed E-state index contributed by atoms with van der Waals surface area (Å²) < 4.78 is 42.8. The molecule has 0 unspecified atom stereocenters. The van der Waals surface area contributed by atoms with E-state index in [-0.39, 0.29) is 22.5 Å². The standard InChI is InChI=1S/C18H18BrFN2O3S/c1-10-4-5-15(9-16(10)20)21-26(24,25)17-8-14(19)7-13-6-11(2)22(12(3)23)18(13)17/h4-5,7-9,11,21H,6H2,1-3H3/t11-/m0/s1. The number of aryl methyl sites for hydroxylation is 1. The molecule has 1 atom stereocenters. The van der Waals surface area contributed by atoms with Gasteiger partial charge in [-0.1, -0.05) is 22.0 Å². The highest BCUT2D eigenvalue weighted by molar-refractivity contribution is 9.10. The highest BCUT2D eigenvalue weighted by Gasteiger charge is 2.35. The molecule has 0 fully saturated rings. The number of sulfonamides is 1. The summed E-state index contributed by atoms with van der Waals surface area (Å²) in [5, 5.41) is 0. The fourth-order valence-corrected chi connectivity index (χ4v) is 5.20. The lowest BCUT2D eigenvalue weighted by Gasteiger charge is -2.23. The molecule has 0 saturated carbocycles. The zero-order chi connectivity index (χ0) is 19.2. The van der Waals surface area contributed by atoms with Crippen molar-refractivity contribution in [3.63, 3.8) is 0 Å². The molecule has 1 aliphatic rings. The van der Waals surface area contributed by atoms with Crippen LogP contribution < -0.4 is 9.62 Å². The van der Waals surface area contributed by atoms with Crippen molar-refractivity contribution in [2.24, 2.45) is 0 Å². The third-order valence-electron chi connectivity index (χ3n) is 4.37. The number of carbonyl (C=O) groups excluding carboxylic acids is 1. The van der Waals surface area contributed by atoms with Crippen LogP contribution in [0.1, 0.15) is 25.0 Å². The molecule has 1 amide bonds. The average Bonchev–Trinajstić information content (AvgIpc) is 2.85. The first-order valence-corrected chi connectivity index (χ1v) is 10.3. The summed E-state index contributed by atoms with van der Waals surface area (Å²) in [6, 6.07) is 7.28. The highest BCUT2D eigenvalue weighted by Crippen LogP contribution is 2.40. The number of halogens is 2. The van der Waals surface area contributed by atoms with E-state index in [1.54, 1.807) is 6.92 Å². The van der Waals surface area contributed by atoms with E-state index >= 15 is 0 Å². The largest absolute Gasteiger partial charge is 0.308 e. The number of rotatable bonds is 3. The second-order valence-electron chi connectivity index (χ2n) is 6.42. The summed E-state index contributed by atoms with van der Waals surface area (Å²) in [5.41, 5.74) is 1.71. The van der Waals surface area contributed by atoms with Crippen molar-refractivity contribution >= 4 is 43.2 Å². The number of benzene rings is 2. The number of fused-ring (bicyclic) bond motifs is 1. The van der Waals surface area contributed by atoms with E-state index in [4.69, 9.17) is 0 Å². The molecule has 8 heteroatoms. The Labute approximate surface area is 160 Å². The lowest BCUT2D eigenvalue weighted by atomic mass is 10.1. The summed E-state index contributed by atoms with van der Waals surface area (Å²) >= 11 is 3.34. The van der Waals surface area contributed by atoms with Crippen molar-refractivity contribution < 1.29 is 17.6 Å². The monoisotopic (exact) mass is 440 g/mol. The molecule has 1 N–H and O–H groups in total. The third-order valence-corrected chi connectivity index (χ3v) is 6.22. The lowest BCUT2D eigenvalue weighted by molar-refractivity contribution is -0.116. The average molecular weight is 441 g/mol. The van der Waals surface area contributed by atoms with Crippen LogP contribution in [0.2, 0.25) is 0 Å². The fraction of sp³-hybridized carbons (Fsp3) is 0.278. The van der Waals surface area contributed by atoms with Crippen LogP contribution in [0.4, 0.5) is 15.8 Å². The Kier molecular flexibility index (Phi) is 4.83. The van der Waals surface area contributed by atoms with Crippen molar-refractivity contribution in [1.82, 2.24) is 0 Å². The van der Waals surface area contributed by atoms with E-state index < -0.39 is 15.8 Å². The van der Waals surface area contributed by atoms with Gasteiger partial charge in [-0.2, -0.15) is 0 Å². The van der Waals surface area contributed by atoms with Gasteiger partial charge in [0.1, 0.15) is 10.7 Å². The van der Waals surface area contributed by atoms with Gasteiger partial charge in [0.2, 0.25) is 5.91 Å². The van der Waals surface area contributed by atoms with Crippen molar-refractivity contribution in [2.45, 2.75) is 38.1 Å². The summed E-state index contributed by atoms with van der Waals surface area (Å²) in [4.78, 5) is 13.6. The quantitative estimate of drug-likeness (QED) is 0.784. The molecule has 0 radical (unpaired) electrons. The summed E-state index contributed by atoms with van der Waals surface area (Å²) in [5.74, 6) is -0.722. The van der Waals surface area contributed by atoms with Crippen LogP contribution in [0.5, 0.6) is 0 Å². The molecular weight excluding hydrogens is 423 g/mol. The lowest BCUT2D eigenvalue weighted by Crippen LogP contribution is -2.34. The summed E-state index contributed by atoms with van der Waals surface area (Å²) in [6.07, 6.45) is 0.566. The first kappa shape index (κ1) is 18.8. The molecule has 0 aliphatic carbocycles. The summed E-state index contributed by atoms with van der Waals surface area (Å²) in [7, 11) is -4.02. The Balaban J connectivity index is 2.11. The molecule has 26 heavy (non-hydrogen) atoms. The third kappa shape index (κ3) is 3.35. The van der Waals surface area contributed by atoms with Crippen LogP contribution in [0.15, 0.2) is 39.7 Å². The molecule has 3 rings (SSSR count). The van der Waals surface area contributed by atoms with Gasteiger partial charge in [-0.25, -0.2) is 12.8 Å². The number of carbonyl (C=O) groups is 1. The minimum atomic E-state index is -4.02. The molecule has 2 aromatic carbocycles. The summed E-state index contributed by atoms with van der Waals surface area (Å²) in [6.45, 7) is 4.88. The molecule has 0 spiro atoms. The van der Waals surface area contributed by atoms with Gasteiger partial charge in [0.05, 0.1) is 11.4 Å². The normalized spacial score (nSPS) is 16.5. The highest BCUT2D eigenvalue weighted by atomic mass is 79.9. The zero-order valence-electron chi connectivity index (χ0n) is 14.5. The topological polar surface area (TPSA) is 66.5 Å². The van der Waals surface area contributed by atoms with Crippen LogP contribution in [-0.2, 0) is 21.2 Å². The van der Waals surface area contributed by atoms with Crippen LogP contribution >= 0.6 is 15.9 Å². The Hall–Kier alpha value is -1.93. The Morgan fingerprint density at radius 1 is 1.31 bits per heavy atom. The molecule has 138 valence electrons. The zero-order valence-corrected chi connectivity index (χ0v) is 16.9. The van der Waals surface area contributed by atoms with Gasteiger partial charge in [0, 0.05) is 17.4 Å². The maximum Gasteiger partial charge on any atom is 0.264 e. The van der Waals surface area contributed by atoms with Crippen molar-refractivity contribution in [1.29, 1.82) is 0 Å². The van der Waals surface area contributed by atoms with Gasteiger partial charge < -0.3 is 4.90 Å². The van der Waals surface area contributed by atoms with Crippen molar-refractivity contribution in [3.05, 3.63) is 51.7 Å². The SMILES string of the molecule is CC(=O)N1c2c(cc(Br)cc2S(=O)(=O)Nc2ccc(C)c(F)c2)C[C@@H]1C. The van der Waals surface area contributed by atoms with Gasteiger partial charge >= 0.3 is 0 Å². The molecule has 0 aromatic heterocycles. The van der Waals surface area contributed by atoms with Crippen LogP contribution in [0, 0.1) is 12.7 Å². The maximum atomic E-state index is 13.8. The molecule has 1 heterocycles. The predicted molar refractivity (Wildman–Crippen MR) is 102 cm³/mol. The molecule has 2 aromatic rings. The van der Waals surface area contributed by atoms with Crippen molar-refractivity contribution in [3.8, 4) is 0 Å². The molecule has 1 aliphatic heterocycles. The van der Waals surface area contributed by atoms with E-state index in [9.17, 15) is 17.6 Å². The van der Waals surface area contributed by atoms with Crippen molar-refractivity contribution in [2.75, 3.05) is 9.62 Å². The van der Waals surface area contributed by atoms with E-state index in [1.807, 2.05) is 13.0 Å². The predicted octanol–water partition coefficient (Wildman–Crippen LogP) is 3.99. The number of hydrogen-bond acceptors (Lipinski definition) is 3. The van der Waals surface area contributed by atoms with Gasteiger partial charge in [-0.15, -0.1) is 0 Å². The second-order valence-corrected chi connectivity index (χ2v) is 8.99. The van der Waals surface area contributed by atoms with Gasteiger partial charge in [0.15, 0.2) is 0 Å². The van der Waals surface area contributed by atoms with E-state index in [1.165, 1.54) is 30.0 Å². The Morgan fingerprint density at radius 3 is 2.62 bits per heavy atom. The van der Waals surface area contributed by atoms with E-state index in [2.05, 4.69) is 20.7 Å². The van der Waals surface area contributed by atoms with E-state index in [0.717, 1.165) is 11.6 Å². The number of nitrogens with one attached hydrogen (secondary N) is 1. The number of amides is 1. The fourth-order valence-electron chi connectivity index (χ4n) is 3.23. The van der Waals surface area contributed by atoms with Crippen LogP contribution in [0.3, 0.4) is 0 Å². The molecule has 0 bridgehead atoms. The molecule has 5 nitrogen and oxygen atoms in total. The minimum absolute atomic E-state index is 0.0117. The number of anilines is 2. The second kappa shape index (κ2) is 6.66. The van der Waals surface area contributed by atoms with Gasteiger partial charge in [0.25, 0.3) is 10.0 Å². The molecular formula is C18H18BrFN2O3S. The Bertz CT molecular complexity index is 1010. The number of hydrogen-bond donors (Lipinski definition) is 1.